The van der Waals surface area contributed by atoms with Gasteiger partial charge in [0, 0.05) is 12.1 Å². The van der Waals surface area contributed by atoms with Gasteiger partial charge in [-0.05, 0) is 48.4 Å². The first-order valence-electron chi connectivity index (χ1n) is 6.46. The van der Waals surface area contributed by atoms with E-state index in [9.17, 15) is 9.59 Å². The fourth-order valence-corrected chi connectivity index (χ4v) is 1.85. The SMILES string of the molecule is O=C(O)c1ccc(CCNC(=O)c2ccc(O)cc2)cc1. The van der Waals surface area contributed by atoms with Gasteiger partial charge in [-0.25, -0.2) is 4.79 Å². The minimum Gasteiger partial charge on any atom is -0.508 e. The molecule has 0 atom stereocenters. The summed E-state index contributed by atoms with van der Waals surface area (Å²) in [5.41, 5.74) is 1.67. The van der Waals surface area contributed by atoms with Crippen molar-refractivity contribution in [3.63, 3.8) is 0 Å². The number of aromatic hydroxyl groups is 1. The highest BCUT2D eigenvalue weighted by Gasteiger charge is 2.05. The van der Waals surface area contributed by atoms with E-state index >= 15 is 0 Å². The third kappa shape index (κ3) is 4.07. The lowest BCUT2D eigenvalue weighted by molar-refractivity contribution is 0.0696. The molecule has 0 saturated carbocycles. The predicted octanol–water partition coefficient (Wildman–Crippen LogP) is 2.06. The second-order valence-electron chi connectivity index (χ2n) is 4.55. The molecule has 21 heavy (non-hydrogen) atoms. The van der Waals surface area contributed by atoms with Crippen molar-refractivity contribution in [2.75, 3.05) is 6.54 Å². The number of phenolic OH excluding ortho intramolecular Hbond substituents is 1. The topological polar surface area (TPSA) is 86.6 Å². The minimum atomic E-state index is -0.956. The molecule has 108 valence electrons. The minimum absolute atomic E-state index is 0.116. The van der Waals surface area contributed by atoms with Crippen molar-refractivity contribution < 1.29 is 19.8 Å². The number of hydrogen-bond acceptors (Lipinski definition) is 3. The zero-order valence-electron chi connectivity index (χ0n) is 11.2. The number of nitrogens with one attached hydrogen (secondary N) is 1. The number of carbonyl (C=O) groups is 2. The summed E-state index contributed by atoms with van der Waals surface area (Å²) in [7, 11) is 0. The van der Waals surface area contributed by atoms with E-state index in [0.29, 0.717) is 18.5 Å². The van der Waals surface area contributed by atoms with E-state index < -0.39 is 5.97 Å². The van der Waals surface area contributed by atoms with Crippen LogP contribution in [0.15, 0.2) is 48.5 Å². The molecule has 2 aromatic rings. The summed E-state index contributed by atoms with van der Waals surface area (Å²) in [5, 5.41) is 20.7. The Balaban J connectivity index is 1.85. The van der Waals surface area contributed by atoms with Gasteiger partial charge in [0.1, 0.15) is 5.75 Å². The van der Waals surface area contributed by atoms with Crippen LogP contribution in [0.1, 0.15) is 26.3 Å². The van der Waals surface area contributed by atoms with E-state index in [4.69, 9.17) is 10.2 Å². The normalized spacial score (nSPS) is 10.1. The van der Waals surface area contributed by atoms with Crippen LogP contribution < -0.4 is 5.32 Å². The maximum absolute atomic E-state index is 11.8. The van der Waals surface area contributed by atoms with E-state index in [1.54, 1.807) is 36.4 Å². The summed E-state index contributed by atoms with van der Waals surface area (Å²) < 4.78 is 0. The van der Waals surface area contributed by atoms with Gasteiger partial charge in [0.2, 0.25) is 0 Å². The first kappa shape index (κ1) is 14.6. The van der Waals surface area contributed by atoms with E-state index in [-0.39, 0.29) is 17.2 Å². The van der Waals surface area contributed by atoms with Crippen LogP contribution in [0.2, 0.25) is 0 Å². The highest BCUT2D eigenvalue weighted by atomic mass is 16.4. The van der Waals surface area contributed by atoms with Crippen molar-refractivity contribution in [2.24, 2.45) is 0 Å². The van der Waals surface area contributed by atoms with Crippen LogP contribution in [0, 0.1) is 0 Å². The molecular formula is C16H15NO4. The molecule has 0 spiro atoms. The molecule has 5 heteroatoms. The molecule has 2 aromatic carbocycles. The number of aromatic carboxylic acids is 1. The number of phenols is 1. The van der Waals surface area contributed by atoms with Gasteiger partial charge in [-0.1, -0.05) is 12.1 Å². The van der Waals surface area contributed by atoms with Crippen LogP contribution in [-0.4, -0.2) is 28.6 Å². The molecule has 0 aliphatic rings. The Morgan fingerprint density at radius 3 is 2.05 bits per heavy atom. The summed E-state index contributed by atoms with van der Waals surface area (Å²) >= 11 is 0. The van der Waals surface area contributed by atoms with Gasteiger partial charge in [0.05, 0.1) is 5.56 Å². The zero-order chi connectivity index (χ0) is 15.2. The first-order chi connectivity index (χ1) is 10.1. The number of rotatable bonds is 5. The smallest absolute Gasteiger partial charge is 0.335 e. The summed E-state index contributed by atoms with van der Waals surface area (Å²) in [6, 6.07) is 12.6. The van der Waals surface area contributed by atoms with E-state index in [1.807, 2.05) is 0 Å². The Morgan fingerprint density at radius 2 is 1.48 bits per heavy atom. The Morgan fingerprint density at radius 1 is 0.905 bits per heavy atom. The van der Waals surface area contributed by atoms with Gasteiger partial charge in [0.25, 0.3) is 5.91 Å². The lowest BCUT2D eigenvalue weighted by Crippen LogP contribution is -2.25. The number of carbonyl (C=O) groups excluding carboxylic acids is 1. The van der Waals surface area contributed by atoms with Crippen molar-refractivity contribution >= 4 is 11.9 Å². The second-order valence-corrected chi connectivity index (χ2v) is 4.55. The van der Waals surface area contributed by atoms with Gasteiger partial charge >= 0.3 is 5.97 Å². The monoisotopic (exact) mass is 285 g/mol. The van der Waals surface area contributed by atoms with Gasteiger partial charge < -0.3 is 15.5 Å². The third-order valence-corrected chi connectivity index (χ3v) is 3.03. The van der Waals surface area contributed by atoms with Crippen molar-refractivity contribution in [1.82, 2.24) is 5.32 Å². The van der Waals surface area contributed by atoms with Gasteiger partial charge in [0.15, 0.2) is 0 Å². The van der Waals surface area contributed by atoms with Crippen LogP contribution in [0.4, 0.5) is 0 Å². The fourth-order valence-electron chi connectivity index (χ4n) is 1.85. The van der Waals surface area contributed by atoms with Crippen LogP contribution in [0.5, 0.6) is 5.75 Å². The number of carboxylic acid groups (broad SMARTS) is 1. The zero-order valence-corrected chi connectivity index (χ0v) is 11.2. The lowest BCUT2D eigenvalue weighted by atomic mass is 10.1. The molecule has 1 amide bonds. The molecule has 0 bridgehead atoms. The maximum Gasteiger partial charge on any atom is 0.335 e. The lowest BCUT2D eigenvalue weighted by Gasteiger charge is -2.06. The summed E-state index contributed by atoms with van der Waals surface area (Å²) in [6.45, 7) is 0.451. The van der Waals surface area contributed by atoms with E-state index in [0.717, 1.165) is 5.56 Å². The molecule has 0 aliphatic carbocycles. The predicted molar refractivity (Wildman–Crippen MR) is 77.5 cm³/mol. The van der Waals surface area contributed by atoms with E-state index in [2.05, 4.69) is 5.32 Å². The molecule has 0 aromatic heterocycles. The molecule has 3 N–H and O–H groups in total. The average molecular weight is 285 g/mol. The molecule has 0 fully saturated rings. The number of amides is 1. The standard InChI is InChI=1S/C16H15NO4/c18-14-7-5-12(6-8-14)15(19)17-10-9-11-1-3-13(4-2-11)16(20)21/h1-8,18H,9-10H2,(H,17,19)(H,20,21). The highest BCUT2D eigenvalue weighted by molar-refractivity contribution is 5.94. The molecule has 0 heterocycles. The van der Waals surface area contributed by atoms with Gasteiger partial charge in [-0.3, -0.25) is 4.79 Å². The van der Waals surface area contributed by atoms with E-state index in [1.165, 1.54) is 12.1 Å². The number of hydrogen-bond donors (Lipinski definition) is 3. The van der Waals surface area contributed by atoms with Crippen LogP contribution in [0.25, 0.3) is 0 Å². The van der Waals surface area contributed by atoms with Crippen LogP contribution in [0.3, 0.4) is 0 Å². The average Bonchev–Trinajstić information content (AvgIpc) is 2.48. The quantitative estimate of drug-likeness (QED) is 0.784. The highest BCUT2D eigenvalue weighted by Crippen LogP contribution is 2.09. The van der Waals surface area contributed by atoms with Gasteiger partial charge in [-0.2, -0.15) is 0 Å². The van der Waals surface area contributed by atoms with Crippen molar-refractivity contribution in [3.8, 4) is 5.75 Å². The maximum atomic E-state index is 11.8. The molecule has 5 nitrogen and oxygen atoms in total. The summed E-state index contributed by atoms with van der Waals surface area (Å²) in [4.78, 5) is 22.5. The van der Waals surface area contributed by atoms with Crippen molar-refractivity contribution in [2.45, 2.75) is 6.42 Å². The Hall–Kier alpha value is -2.82. The number of carboxylic acids is 1. The fraction of sp³-hybridized carbons (Fsp3) is 0.125. The summed E-state index contributed by atoms with van der Waals surface area (Å²) in [5.74, 6) is -1.05. The Kier molecular flexibility index (Phi) is 4.56. The largest absolute Gasteiger partial charge is 0.508 e. The molecule has 0 aliphatic heterocycles. The second kappa shape index (κ2) is 6.56. The third-order valence-electron chi connectivity index (χ3n) is 3.03. The van der Waals surface area contributed by atoms with Crippen molar-refractivity contribution in [1.29, 1.82) is 0 Å². The molecular weight excluding hydrogens is 270 g/mol. The Bertz CT molecular complexity index is 632. The molecule has 0 radical (unpaired) electrons. The summed E-state index contributed by atoms with van der Waals surface area (Å²) in [6.07, 6.45) is 0.615. The molecule has 0 saturated heterocycles. The van der Waals surface area contributed by atoms with Crippen LogP contribution >= 0.6 is 0 Å². The Labute approximate surface area is 121 Å². The van der Waals surface area contributed by atoms with Gasteiger partial charge in [-0.15, -0.1) is 0 Å². The number of benzene rings is 2. The molecule has 0 unspecified atom stereocenters. The van der Waals surface area contributed by atoms with Crippen LogP contribution in [-0.2, 0) is 6.42 Å². The molecule has 2 rings (SSSR count). The first-order valence-corrected chi connectivity index (χ1v) is 6.46. The van der Waals surface area contributed by atoms with Crippen molar-refractivity contribution in [3.05, 3.63) is 65.2 Å².